The van der Waals surface area contributed by atoms with E-state index in [0.29, 0.717) is 7.15 Å². The molecule has 9 heavy (non-hydrogen) atoms. The number of carboxylic acid groups (broad SMARTS) is 1. The van der Waals surface area contributed by atoms with Gasteiger partial charge in [0.2, 0.25) is 0 Å². The Balaban J connectivity index is 3.39. The zero-order valence-electron chi connectivity index (χ0n) is 4.76. The van der Waals surface area contributed by atoms with Crippen LogP contribution in [0.1, 0.15) is 12.8 Å². The molecule has 0 saturated carbocycles. The van der Waals surface area contributed by atoms with Crippen molar-refractivity contribution < 1.29 is 14.6 Å². The second kappa shape index (κ2) is 3.94. The summed E-state index contributed by atoms with van der Waals surface area (Å²) in [6.45, 7) is 0. The SMILES string of the molecule is N=C(B=O)CCC(=O)O. The summed E-state index contributed by atoms with van der Waals surface area (Å²) in [5.41, 5.74) is -0.169. The number of aliphatic carboxylic acids is 1. The van der Waals surface area contributed by atoms with E-state index < -0.39 is 5.97 Å². The van der Waals surface area contributed by atoms with Gasteiger partial charge in [-0.3, -0.25) is 0 Å². The first kappa shape index (κ1) is 8.00. The van der Waals surface area contributed by atoms with Gasteiger partial charge in [0, 0.05) is 0 Å². The van der Waals surface area contributed by atoms with Crippen molar-refractivity contribution in [1.29, 1.82) is 5.41 Å². The van der Waals surface area contributed by atoms with Crippen LogP contribution < -0.4 is 0 Å². The Morgan fingerprint density at radius 2 is 2.11 bits per heavy atom. The Labute approximate surface area is 52.6 Å². The third kappa shape index (κ3) is 4.87. The molecule has 0 rings (SSSR count). The molecule has 0 aromatic rings. The third-order valence-electron chi connectivity index (χ3n) is 0.750. The summed E-state index contributed by atoms with van der Waals surface area (Å²) in [6, 6.07) is 0. The van der Waals surface area contributed by atoms with Crippen LogP contribution in [0.3, 0.4) is 0 Å². The topological polar surface area (TPSA) is 78.2 Å². The Bertz CT molecular complexity index is 145. The molecule has 0 fully saturated rings. The van der Waals surface area contributed by atoms with E-state index in [4.69, 9.17) is 10.5 Å². The predicted molar refractivity (Wildman–Crippen MR) is 31.0 cm³/mol. The molecule has 48 valence electrons. The van der Waals surface area contributed by atoms with E-state index in [2.05, 4.69) is 0 Å². The molecule has 0 bridgehead atoms. The van der Waals surface area contributed by atoms with Crippen LogP contribution >= 0.6 is 0 Å². The molecule has 4 nitrogen and oxygen atoms in total. The van der Waals surface area contributed by atoms with E-state index in [1.807, 2.05) is 0 Å². The van der Waals surface area contributed by atoms with Crippen molar-refractivity contribution >= 4 is 18.7 Å². The number of carboxylic acids is 1. The molecule has 2 N–H and O–H groups in total. The molecule has 0 spiro atoms. The van der Waals surface area contributed by atoms with Crippen LogP contribution in [0.25, 0.3) is 0 Å². The summed E-state index contributed by atoms with van der Waals surface area (Å²) in [5, 5.41) is 14.7. The Kier molecular flexibility index (Phi) is 3.51. The first-order chi connectivity index (χ1) is 4.16. The van der Waals surface area contributed by atoms with Crippen molar-refractivity contribution in [2.75, 3.05) is 0 Å². The van der Waals surface area contributed by atoms with Gasteiger partial charge in [0.15, 0.2) is 0 Å². The fraction of sp³-hybridized carbons (Fsp3) is 0.500. The first-order valence-electron chi connectivity index (χ1n) is 2.41. The van der Waals surface area contributed by atoms with Gasteiger partial charge in [-0.25, -0.2) is 0 Å². The maximum absolute atomic E-state index is 9.81. The van der Waals surface area contributed by atoms with Gasteiger partial charge in [-0.1, -0.05) is 0 Å². The predicted octanol–water partition coefficient (Wildman–Crippen LogP) is -0.122. The monoisotopic (exact) mass is 127 g/mol. The van der Waals surface area contributed by atoms with Crippen molar-refractivity contribution in [3.05, 3.63) is 0 Å². The Morgan fingerprint density at radius 1 is 1.56 bits per heavy atom. The van der Waals surface area contributed by atoms with E-state index in [-0.39, 0.29) is 18.5 Å². The molecule has 0 saturated heterocycles. The molecule has 0 unspecified atom stereocenters. The van der Waals surface area contributed by atoms with Crippen molar-refractivity contribution in [3.63, 3.8) is 0 Å². The maximum atomic E-state index is 9.81. The molecular formula is C4H6BNO3. The molecule has 0 radical (unpaired) electrons. The van der Waals surface area contributed by atoms with Crippen molar-refractivity contribution in [1.82, 2.24) is 0 Å². The summed E-state index contributed by atoms with van der Waals surface area (Å²) in [7, 11) is 0.350. The molecule has 0 aliphatic carbocycles. The third-order valence-corrected chi connectivity index (χ3v) is 0.750. The molecule has 0 aliphatic rings. The number of rotatable bonds is 4. The number of hydrogen-bond donors (Lipinski definition) is 2. The van der Waals surface area contributed by atoms with E-state index in [9.17, 15) is 9.50 Å². The summed E-state index contributed by atoms with van der Waals surface area (Å²) in [4.78, 5) is 9.81. The van der Waals surface area contributed by atoms with Crippen LogP contribution in [-0.2, 0) is 9.50 Å². The van der Waals surface area contributed by atoms with Crippen LogP contribution in [0.2, 0.25) is 0 Å². The fourth-order valence-corrected chi connectivity index (χ4v) is 0.301. The minimum absolute atomic E-state index is 0.0266. The van der Waals surface area contributed by atoms with Crippen LogP contribution in [-0.4, -0.2) is 23.8 Å². The van der Waals surface area contributed by atoms with Gasteiger partial charge >= 0.3 is 51.6 Å². The molecule has 0 aromatic heterocycles. The van der Waals surface area contributed by atoms with Crippen LogP contribution in [0.4, 0.5) is 0 Å². The fourth-order valence-electron chi connectivity index (χ4n) is 0.301. The van der Waals surface area contributed by atoms with Crippen molar-refractivity contribution in [2.45, 2.75) is 12.8 Å². The van der Waals surface area contributed by atoms with Crippen LogP contribution in [0.5, 0.6) is 0 Å². The zero-order chi connectivity index (χ0) is 7.28. The van der Waals surface area contributed by atoms with E-state index in [1.165, 1.54) is 0 Å². The average Bonchev–Trinajstić information content (AvgIpc) is 1.83. The normalized spacial score (nSPS) is 8.00. The van der Waals surface area contributed by atoms with Gasteiger partial charge in [-0.05, 0) is 0 Å². The molecule has 0 heterocycles. The molecule has 0 aliphatic heterocycles. The molecule has 0 atom stereocenters. The molecule has 0 amide bonds. The van der Waals surface area contributed by atoms with Crippen molar-refractivity contribution in [2.24, 2.45) is 0 Å². The van der Waals surface area contributed by atoms with Gasteiger partial charge in [0.05, 0.1) is 0 Å². The summed E-state index contributed by atoms with van der Waals surface area (Å²) >= 11 is 0. The molecule has 5 heteroatoms. The second-order valence-corrected chi connectivity index (χ2v) is 1.54. The van der Waals surface area contributed by atoms with Crippen molar-refractivity contribution in [3.8, 4) is 0 Å². The quantitative estimate of drug-likeness (QED) is 0.408. The Hall–Kier alpha value is -0.995. The molecule has 0 aromatic carbocycles. The van der Waals surface area contributed by atoms with Gasteiger partial charge in [0.1, 0.15) is 0 Å². The summed E-state index contributed by atoms with van der Waals surface area (Å²) in [6.07, 6.45) is -0.115. The number of hydrogen-bond acceptors (Lipinski definition) is 3. The van der Waals surface area contributed by atoms with E-state index >= 15 is 0 Å². The zero-order valence-corrected chi connectivity index (χ0v) is 4.76. The van der Waals surface area contributed by atoms with Gasteiger partial charge in [-0.2, -0.15) is 0 Å². The number of carbonyl (C=O) groups is 1. The standard InChI is InChI=1S/C4H6BNO3/c6-3(5-9)1-2-4(7)8/h6H,1-2H2,(H,7,8). The average molecular weight is 127 g/mol. The van der Waals surface area contributed by atoms with E-state index in [1.54, 1.807) is 0 Å². The van der Waals surface area contributed by atoms with Gasteiger partial charge in [0.25, 0.3) is 0 Å². The molecular weight excluding hydrogens is 121 g/mol. The van der Waals surface area contributed by atoms with Gasteiger partial charge < -0.3 is 0 Å². The minimum atomic E-state index is -0.985. The van der Waals surface area contributed by atoms with Crippen LogP contribution in [0, 0.1) is 5.41 Å². The summed E-state index contributed by atoms with van der Waals surface area (Å²) < 4.78 is 9.70. The first-order valence-corrected chi connectivity index (χ1v) is 2.41. The second-order valence-electron chi connectivity index (χ2n) is 1.54. The summed E-state index contributed by atoms with van der Waals surface area (Å²) in [5.74, 6) is -0.985. The van der Waals surface area contributed by atoms with E-state index in [0.717, 1.165) is 0 Å². The van der Waals surface area contributed by atoms with Gasteiger partial charge in [-0.15, -0.1) is 0 Å². The number of nitrogens with one attached hydrogen (secondary N) is 1. The van der Waals surface area contributed by atoms with Crippen LogP contribution in [0.15, 0.2) is 0 Å². The Morgan fingerprint density at radius 3 is 2.44 bits per heavy atom.